The van der Waals surface area contributed by atoms with E-state index in [2.05, 4.69) is 4.99 Å². The minimum Gasteiger partial charge on any atom is -0.457 e. The fourth-order valence-corrected chi connectivity index (χ4v) is 3.52. The summed E-state index contributed by atoms with van der Waals surface area (Å²) in [5.74, 6) is 0.924. The van der Waals surface area contributed by atoms with Gasteiger partial charge in [-0.2, -0.15) is 0 Å². The van der Waals surface area contributed by atoms with Crippen molar-refractivity contribution in [3.8, 4) is 22.5 Å². The van der Waals surface area contributed by atoms with E-state index >= 15 is 0 Å². The summed E-state index contributed by atoms with van der Waals surface area (Å²) in [4.78, 5) is 16.7. The molecule has 1 aromatic heterocycles. The van der Waals surface area contributed by atoms with E-state index in [0.29, 0.717) is 16.5 Å². The van der Waals surface area contributed by atoms with Crippen molar-refractivity contribution < 1.29 is 13.9 Å². The van der Waals surface area contributed by atoms with E-state index in [1.165, 1.54) is 0 Å². The van der Waals surface area contributed by atoms with E-state index in [4.69, 9.17) is 20.8 Å². The lowest BCUT2D eigenvalue weighted by Crippen LogP contribution is -2.05. The molecule has 0 saturated heterocycles. The number of carbonyl (C=O) groups is 1. The van der Waals surface area contributed by atoms with Gasteiger partial charge in [-0.25, -0.2) is 9.79 Å². The molecule has 0 bridgehead atoms. The Morgan fingerprint density at radius 3 is 2.23 bits per heavy atom. The number of esters is 1. The van der Waals surface area contributed by atoms with Gasteiger partial charge in [0.25, 0.3) is 0 Å². The van der Waals surface area contributed by atoms with Crippen LogP contribution in [0.4, 0.5) is 0 Å². The number of carbonyl (C=O) groups excluding carboxylic acids is 1. The zero-order valence-corrected chi connectivity index (χ0v) is 17.0. The lowest BCUT2D eigenvalue weighted by molar-refractivity contribution is -0.129. The average molecular weight is 426 g/mol. The van der Waals surface area contributed by atoms with E-state index in [-0.39, 0.29) is 11.6 Å². The molecule has 0 fully saturated rings. The Balaban J connectivity index is 1.39. The Hall–Kier alpha value is -3.89. The maximum atomic E-state index is 12.3. The van der Waals surface area contributed by atoms with Crippen molar-refractivity contribution in [2.24, 2.45) is 4.99 Å². The van der Waals surface area contributed by atoms with Crippen LogP contribution in [0.15, 0.2) is 106 Å². The second kappa shape index (κ2) is 8.09. The summed E-state index contributed by atoms with van der Waals surface area (Å²) in [6.45, 7) is 0. The summed E-state index contributed by atoms with van der Waals surface area (Å²) < 4.78 is 11.2. The zero-order valence-electron chi connectivity index (χ0n) is 16.3. The molecular formula is C26H16ClNO3. The van der Waals surface area contributed by atoms with Crippen LogP contribution in [0.1, 0.15) is 11.3 Å². The first-order valence-electron chi connectivity index (χ1n) is 9.70. The van der Waals surface area contributed by atoms with Gasteiger partial charge in [0.1, 0.15) is 11.5 Å². The maximum absolute atomic E-state index is 12.3. The highest BCUT2D eigenvalue weighted by Gasteiger charge is 2.24. The van der Waals surface area contributed by atoms with Crippen LogP contribution in [0.5, 0.6) is 0 Å². The molecule has 0 unspecified atom stereocenters. The van der Waals surface area contributed by atoms with Crippen molar-refractivity contribution in [1.82, 2.24) is 0 Å². The molecule has 1 aliphatic heterocycles. The molecule has 150 valence electrons. The molecule has 3 aromatic carbocycles. The highest BCUT2D eigenvalue weighted by atomic mass is 35.5. The maximum Gasteiger partial charge on any atom is 0.363 e. The Labute approximate surface area is 184 Å². The smallest absolute Gasteiger partial charge is 0.363 e. The van der Waals surface area contributed by atoms with Crippen LogP contribution in [0, 0.1) is 0 Å². The van der Waals surface area contributed by atoms with Gasteiger partial charge in [0.15, 0.2) is 5.70 Å². The fraction of sp³-hybridized carbons (Fsp3) is 0. The second-order valence-electron chi connectivity index (χ2n) is 6.99. The van der Waals surface area contributed by atoms with Crippen LogP contribution in [0.25, 0.3) is 28.5 Å². The number of benzene rings is 3. The zero-order chi connectivity index (χ0) is 21.2. The minimum absolute atomic E-state index is 0.189. The van der Waals surface area contributed by atoms with Crippen molar-refractivity contribution in [2.45, 2.75) is 0 Å². The van der Waals surface area contributed by atoms with Crippen molar-refractivity contribution in [3.05, 3.63) is 113 Å². The van der Waals surface area contributed by atoms with Crippen molar-refractivity contribution in [2.75, 3.05) is 0 Å². The summed E-state index contributed by atoms with van der Waals surface area (Å²) in [5.41, 5.74) is 3.97. The first-order valence-corrected chi connectivity index (χ1v) is 10.1. The third-order valence-corrected chi connectivity index (χ3v) is 5.11. The standard InChI is InChI=1S/C26H16ClNO3/c27-21-8-4-7-20(15-21)24-14-13-22(30-24)16-23-26(29)31-25(28-23)19-11-9-18(10-12-19)17-5-2-1-3-6-17/h1-16H/b23-16-. The van der Waals surface area contributed by atoms with Gasteiger partial charge < -0.3 is 9.15 Å². The number of halogens is 1. The topological polar surface area (TPSA) is 51.8 Å². The molecule has 0 spiro atoms. The largest absolute Gasteiger partial charge is 0.457 e. The number of nitrogens with zero attached hydrogens (tertiary/aromatic N) is 1. The number of ether oxygens (including phenoxy) is 1. The number of rotatable bonds is 4. The van der Waals surface area contributed by atoms with Crippen LogP contribution in [-0.2, 0) is 9.53 Å². The summed E-state index contributed by atoms with van der Waals surface area (Å²) in [6.07, 6.45) is 1.57. The molecule has 31 heavy (non-hydrogen) atoms. The first kappa shape index (κ1) is 19.1. The lowest BCUT2D eigenvalue weighted by Gasteiger charge is -2.03. The van der Waals surface area contributed by atoms with Crippen molar-refractivity contribution >= 4 is 29.5 Å². The van der Waals surface area contributed by atoms with Gasteiger partial charge in [-0.05, 0) is 47.5 Å². The predicted molar refractivity (Wildman–Crippen MR) is 122 cm³/mol. The third kappa shape index (κ3) is 4.06. The number of hydrogen-bond acceptors (Lipinski definition) is 4. The quantitative estimate of drug-likeness (QED) is 0.273. The van der Waals surface area contributed by atoms with E-state index in [1.54, 1.807) is 18.2 Å². The number of hydrogen-bond donors (Lipinski definition) is 0. The monoisotopic (exact) mass is 425 g/mol. The molecule has 2 heterocycles. The first-order chi connectivity index (χ1) is 15.2. The van der Waals surface area contributed by atoms with Gasteiger partial charge in [-0.3, -0.25) is 0 Å². The average Bonchev–Trinajstić information content (AvgIpc) is 3.42. The van der Waals surface area contributed by atoms with E-state index in [0.717, 1.165) is 22.3 Å². The molecular weight excluding hydrogens is 410 g/mol. The summed E-state index contributed by atoms with van der Waals surface area (Å²) in [7, 11) is 0. The summed E-state index contributed by atoms with van der Waals surface area (Å²) in [5, 5.41) is 0.626. The normalized spacial score (nSPS) is 14.5. The Bertz CT molecular complexity index is 1320. The van der Waals surface area contributed by atoms with Gasteiger partial charge >= 0.3 is 5.97 Å². The van der Waals surface area contributed by atoms with Crippen LogP contribution < -0.4 is 0 Å². The highest BCUT2D eigenvalue weighted by molar-refractivity contribution is 6.30. The molecule has 0 radical (unpaired) electrons. The highest BCUT2D eigenvalue weighted by Crippen LogP contribution is 2.27. The molecule has 0 aliphatic carbocycles. The molecule has 5 heteroatoms. The Morgan fingerprint density at radius 1 is 0.742 bits per heavy atom. The second-order valence-corrected chi connectivity index (χ2v) is 7.43. The van der Waals surface area contributed by atoms with Gasteiger partial charge in [0.05, 0.1) is 0 Å². The Kier molecular flexibility index (Phi) is 4.98. The minimum atomic E-state index is -0.511. The number of aliphatic imine (C=N–C) groups is 1. The Morgan fingerprint density at radius 2 is 1.45 bits per heavy atom. The van der Waals surface area contributed by atoms with E-state index < -0.39 is 5.97 Å². The van der Waals surface area contributed by atoms with Gasteiger partial charge in [0, 0.05) is 22.2 Å². The van der Waals surface area contributed by atoms with Gasteiger partial charge in [-0.1, -0.05) is 66.2 Å². The van der Waals surface area contributed by atoms with Crippen molar-refractivity contribution in [3.63, 3.8) is 0 Å². The van der Waals surface area contributed by atoms with Crippen molar-refractivity contribution in [1.29, 1.82) is 0 Å². The van der Waals surface area contributed by atoms with E-state index in [1.807, 2.05) is 78.9 Å². The molecule has 5 rings (SSSR count). The van der Waals surface area contributed by atoms with Gasteiger partial charge in [0.2, 0.25) is 5.90 Å². The van der Waals surface area contributed by atoms with Crippen LogP contribution in [0.3, 0.4) is 0 Å². The molecule has 0 N–H and O–H groups in total. The fourth-order valence-electron chi connectivity index (χ4n) is 3.33. The van der Waals surface area contributed by atoms with Crippen LogP contribution in [0.2, 0.25) is 5.02 Å². The molecule has 0 saturated carbocycles. The van der Waals surface area contributed by atoms with Crippen LogP contribution in [-0.4, -0.2) is 11.9 Å². The molecule has 1 aliphatic rings. The number of furan rings is 1. The third-order valence-electron chi connectivity index (χ3n) is 4.87. The predicted octanol–water partition coefficient (Wildman–Crippen LogP) is 6.61. The van der Waals surface area contributed by atoms with Crippen LogP contribution >= 0.6 is 11.6 Å². The van der Waals surface area contributed by atoms with E-state index in [9.17, 15) is 4.79 Å². The molecule has 0 amide bonds. The van der Waals surface area contributed by atoms with Gasteiger partial charge in [-0.15, -0.1) is 0 Å². The molecule has 4 aromatic rings. The molecule has 0 atom stereocenters. The lowest BCUT2D eigenvalue weighted by atomic mass is 10.0. The summed E-state index contributed by atoms with van der Waals surface area (Å²) in [6, 6.07) is 28.8. The molecule has 4 nitrogen and oxygen atoms in total. The SMILES string of the molecule is O=C1OC(c2ccc(-c3ccccc3)cc2)=N/C1=C\c1ccc(-c2cccc(Cl)c2)o1. The number of cyclic esters (lactones) is 1. The summed E-state index contributed by atoms with van der Waals surface area (Å²) >= 11 is 6.04.